The quantitative estimate of drug-likeness (QED) is 0.444. The third kappa shape index (κ3) is 4.61. The summed E-state index contributed by atoms with van der Waals surface area (Å²) >= 11 is 0. The highest BCUT2D eigenvalue weighted by atomic mass is 19.3. The van der Waals surface area contributed by atoms with Gasteiger partial charge < -0.3 is 14.6 Å². The van der Waals surface area contributed by atoms with E-state index < -0.39 is 18.3 Å². The van der Waals surface area contributed by atoms with E-state index in [0.29, 0.717) is 45.0 Å². The molecule has 0 radical (unpaired) electrons. The van der Waals surface area contributed by atoms with E-state index in [1.54, 1.807) is 17.7 Å². The van der Waals surface area contributed by atoms with E-state index >= 15 is 0 Å². The van der Waals surface area contributed by atoms with Gasteiger partial charge in [-0.05, 0) is 48.6 Å². The maximum absolute atomic E-state index is 14.2. The number of aryl methyl sites for hydroxylation is 1. The normalized spacial score (nSPS) is 16.2. The van der Waals surface area contributed by atoms with Crippen molar-refractivity contribution in [1.82, 2.24) is 34.6 Å². The van der Waals surface area contributed by atoms with Crippen LogP contribution in [0.15, 0.2) is 36.9 Å². The summed E-state index contributed by atoms with van der Waals surface area (Å²) in [7, 11) is 1.79. The van der Waals surface area contributed by atoms with Gasteiger partial charge in [0.05, 0.1) is 6.20 Å². The Morgan fingerprint density at radius 2 is 2.09 bits per heavy atom. The number of hydrogen-bond donors (Lipinski definition) is 1. The van der Waals surface area contributed by atoms with Crippen molar-refractivity contribution >= 4 is 17.1 Å². The highest BCUT2D eigenvalue weighted by Gasteiger charge is 2.25. The summed E-state index contributed by atoms with van der Waals surface area (Å²) in [6.45, 7) is -2.14. The Hall–Kier alpha value is -3.80. The van der Waals surface area contributed by atoms with Gasteiger partial charge >= 0.3 is 6.55 Å². The molecule has 35 heavy (non-hydrogen) atoms. The molecule has 4 heterocycles. The third-order valence-electron chi connectivity index (χ3n) is 5.93. The highest BCUT2D eigenvalue weighted by molar-refractivity contribution is 6.02. The molecule has 0 saturated carbocycles. The van der Waals surface area contributed by atoms with Crippen molar-refractivity contribution in [3.05, 3.63) is 59.8 Å². The third-order valence-corrected chi connectivity index (χ3v) is 5.93. The fourth-order valence-electron chi connectivity index (χ4n) is 4.24. The molecular weight excluding hydrogens is 463 g/mol. The first-order valence-electron chi connectivity index (χ1n) is 11.1. The number of amides is 1. The van der Waals surface area contributed by atoms with Gasteiger partial charge in [-0.1, -0.05) is 0 Å². The Bertz CT molecular complexity index is 1380. The number of benzene rings is 1. The lowest BCUT2D eigenvalue weighted by Gasteiger charge is -2.21. The van der Waals surface area contributed by atoms with E-state index in [4.69, 9.17) is 4.74 Å². The van der Waals surface area contributed by atoms with E-state index in [0.717, 1.165) is 25.5 Å². The number of alkyl halides is 2. The lowest BCUT2D eigenvalue weighted by Crippen LogP contribution is -2.25. The molecule has 4 aromatic rings. The molecular formula is C23H22F3N7O2. The monoisotopic (exact) mass is 485 g/mol. The second kappa shape index (κ2) is 9.45. The summed E-state index contributed by atoms with van der Waals surface area (Å²) in [5.74, 6) is -0.356. The van der Waals surface area contributed by atoms with Gasteiger partial charge in [-0.2, -0.15) is 13.9 Å². The number of fused-ring (bicyclic) bond motifs is 1. The molecule has 1 aliphatic rings. The molecule has 1 fully saturated rings. The van der Waals surface area contributed by atoms with E-state index in [2.05, 4.69) is 25.4 Å². The van der Waals surface area contributed by atoms with Crippen molar-refractivity contribution in [2.75, 3.05) is 6.61 Å². The van der Waals surface area contributed by atoms with Crippen molar-refractivity contribution in [3.8, 4) is 11.1 Å². The summed E-state index contributed by atoms with van der Waals surface area (Å²) in [5, 5.41) is 6.32. The number of ether oxygens (including phenoxy) is 1. The molecule has 0 spiro atoms. The second-order valence-corrected chi connectivity index (χ2v) is 8.30. The number of aromatic nitrogens is 6. The summed E-state index contributed by atoms with van der Waals surface area (Å²) in [6.07, 6.45) is 6.35. The number of imidazole rings is 1. The second-order valence-electron chi connectivity index (χ2n) is 8.30. The first kappa shape index (κ1) is 23.0. The van der Waals surface area contributed by atoms with E-state index in [-0.39, 0.29) is 18.3 Å². The summed E-state index contributed by atoms with van der Waals surface area (Å²) < 4.78 is 48.0. The van der Waals surface area contributed by atoms with Crippen molar-refractivity contribution in [2.45, 2.75) is 38.5 Å². The van der Waals surface area contributed by atoms with Crippen LogP contribution in [0.5, 0.6) is 0 Å². The maximum Gasteiger partial charge on any atom is 0.333 e. The first-order valence-corrected chi connectivity index (χ1v) is 11.1. The van der Waals surface area contributed by atoms with E-state index in [1.165, 1.54) is 24.7 Å². The number of carbonyl (C=O) groups is 1. The predicted octanol–water partition coefficient (Wildman–Crippen LogP) is 3.93. The summed E-state index contributed by atoms with van der Waals surface area (Å²) in [6, 6.07) is 4.09. The predicted molar refractivity (Wildman–Crippen MR) is 119 cm³/mol. The van der Waals surface area contributed by atoms with Crippen LogP contribution in [0.3, 0.4) is 0 Å². The van der Waals surface area contributed by atoms with Crippen LogP contribution in [0.2, 0.25) is 0 Å². The van der Waals surface area contributed by atoms with Gasteiger partial charge in [-0.25, -0.2) is 24.0 Å². The van der Waals surface area contributed by atoms with Gasteiger partial charge in [-0.15, -0.1) is 0 Å². The highest BCUT2D eigenvalue weighted by Crippen LogP contribution is 2.29. The van der Waals surface area contributed by atoms with Crippen LogP contribution in [0.1, 0.15) is 53.8 Å². The summed E-state index contributed by atoms with van der Waals surface area (Å²) in [4.78, 5) is 25.9. The largest absolute Gasteiger partial charge is 0.370 e. The number of nitrogens with one attached hydrogen (secondary N) is 1. The van der Waals surface area contributed by atoms with Crippen molar-refractivity contribution in [3.63, 3.8) is 0 Å². The molecule has 3 aromatic heterocycles. The Morgan fingerprint density at radius 3 is 2.83 bits per heavy atom. The minimum absolute atomic E-state index is 0.00544. The molecule has 0 bridgehead atoms. The zero-order chi connectivity index (χ0) is 24.5. The molecule has 12 heteroatoms. The van der Waals surface area contributed by atoms with Crippen molar-refractivity contribution < 1.29 is 22.7 Å². The molecule has 1 atom stereocenters. The van der Waals surface area contributed by atoms with Gasteiger partial charge in [0.25, 0.3) is 5.91 Å². The first-order chi connectivity index (χ1) is 16.9. The van der Waals surface area contributed by atoms with Crippen LogP contribution in [-0.2, 0) is 18.3 Å². The van der Waals surface area contributed by atoms with Gasteiger partial charge in [0.15, 0.2) is 11.3 Å². The molecule has 1 saturated heterocycles. The Labute approximate surface area is 198 Å². The molecule has 1 N–H and O–H groups in total. The Kier molecular flexibility index (Phi) is 6.20. The van der Waals surface area contributed by atoms with Gasteiger partial charge in [0, 0.05) is 32.0 Å². The average Bonchev–Trinajstić information content (AvgIpc) is 3.48. The van der Waals surface area contributed by atoms with Crippen LogP contribution in [-0.4, -0.2) is 41.8 Å². The number of carbonyl (C=O) groups excluding carboxylic acids is 1. The SMILES string of the molecule is Cn1c(C2CCCCO2)nc2ncnc(C(=O)NCc3cc(F)cc(-c4cnn(C(F)F)c4)c3)c21. The summed E-state index contributed by atoms with van der Waals surface area (Å²) in [5.41, 5.74) is 2.16. The molecule has 5 rings (SSSR count). The number of rotatable bonds is 6. The average molecular weight is 485 g/mol. The number of nitrogens with zero attached hydrogens (tertiary/aromatic N) is 6. The molecule has 1 aliphatic heterocycles. The minimum atomic E-state index is -2.79. The molecule has 182 valence electrons. The molecule has 1 unspecified atom stereocenters. The molecule has 1 aromatic carbocycles. The molecule has 0 aliphatic carbocycles. The maximum atomic E-state index is 14.2. The van der Waals surface area contributed by atoms with Crippen LogP contribution in [0.25, 0.3) is 22.3 Å². The van der Waals surface area contributed by atoms with Crippen molar-refractivity contribution in [2.24, 2.45) is 7.05 Å². The van der Waals surface area contributed by atoms with Gasteiger partial charge in [0.2, 0.25) is 0 Å². The van der Waals surface area contributed by atoms with Crippen LogP contribution >= 0.6 is 0 Å². The van der Waals surface area contributed by atoms with E-state index in [9.17, 15) is 18.0 Å². The zero-order valence-corrected chi connectivity index (χ0v) is 18.8. The smallest absolute Gasteiger partial charge is 0.333 e. The molecule has 9 nitrogen and oxygen atoms in total. The van der Waals surface area contributed by atoms with Crippen molar-refractivity contribution in [1.29, 1.82) is 0 Å². The van der Waals surface area contributed by atoms with Gasteiger partial charge in [-0.3, -0.25) is 4.79 Å². The van der Waals surface area contributed by atoms with Gasteiger partial charge in [0.1, 0.15) is 29.6 Å². The fourth-order valence-corrected chi connectivity index (χ4v) is 4.24. The molecule has 1 amide bonds. The van der Waals surface area contributed by atoms with Crippen LogP contribution in [0.4, 0.5) is 13.2 Å². The minimum Gasteiger partial charge on any atom is -0.370 e. The lowest BCUT2D eigenvalue weighted by atomic mass is 10.1. The van der Waals surface area contributed by atoms with E-state index in [1.807, 2.05) is 0 Å². The fraction of sp³-hybridized carbons (Fsp3) is 0.348. The standard InChI is InChI=1S/C23H22F3N7O2/c1-32-19-18(28-12-29-20(19)31-21(32)17-4-2-3-5-35-17)22(34)27-9-13-6-14(8-16(24)7-13)15-10-30-33(11-15)23(25)26/h6-8,10-12,17,23H,2-5,9H2,1H3,(H,27,34). The Balaban J connectivity index is 1.37. The zero-order valence-electron chi connectivity index (χ0n) is 18.8. The topological polar surface area (TPSA) is 99.8 Å². The van der Waals surface area contributed by atoms with Crippen LogP contribution in [0, 0.1) is 5.82 Å². The Morgan fingerprint density at radius 1 is 1.23 bits per heavy atom. The van der Waals surface area contributed by atoms with Crippen LogP contribution < -0.4 is 5.32 Å². The number of hydrogen-bond acceptors (Lipinski definition) is 6. The number of halogens is 3. The lowest BCUT2D eigenvalue weighted by molar-refractivity contribution is 0.00814.